The second-order valence-electron chi connectivity index (χ2n) is 4.39. The van der Waals surface area contributed by atoms with Gasteiger partial charge in [-0.2, -0.15) is 0 Å². The summed E-state index contributed by atoms with van der Waals surface area (Å²) in [6.45, 7) is 1.97. The third-order valence-electron chi connectivity index (χ3n) is 2.99. The average Bonchev–Trinajstić information content (AvgIpc) is 2.81. The number of benzene rings is 1. The molecule has 4 heteroatoms. The number of hydrogen-bond acceptors (Lipinski definition) is 2. The lowest BCUT2D eigenvalue weighted by Crippen LogP contribution is -2.16. The molecule has 4 nitrogen and oxygen atoms in total. The van der Waals surface area contributed by atoms with Crippen molar-refractivity contribution in [3.8, 4) is 16.9 Å². The fraction of sp³-hybridized carbons (Fsp3) is 0.0667. The first-order chi connectivity index (χ1) is 9.25. The summed E-state index contributed by atoms with van der Waals surface area (Å²) in [5, 5.41) is 2.96. The van der Waals surface area contributed by atoms with E-state index in [4.69, 9.17) is 0 Å². The van der Waals surface area contributed by atoms with Crippen LogP contribution in [0.5, 0.6) is 0 Å². The molecule has 0 atom stereocenters. The maximum absolute atomic E-state index is 12.4. The average molecular weight is 251 g/mol. The van der Waals surface area contributed by atoms with Crippen molar-refractivity contribution in [2.45, 2.75) is 6.92 Å². The molecule has 3 aromatic rings. The monoisotopic (exact) mass is 251 g/mol. The number of H-pyrrole nitrogens is 1. The third kappa shape index (κ3) is 2.08. The van der Waals surface area contributed by atoms with Gasteiger partial charge in [0.05, 0.1) is 5.56 Å². The highest BCUT2D eigenvalue weighted by atomic mass is 16.1. The molecule has 0 saturated carbocycles. The Bertz CT molecular complexity index is 756. The van der Waals surface area contributed by atoms with Crippen molar-refractivity contribution >= 4 is 0 Å². The summed E-state index contributed by atoms with van der Waals surface area (Å²) in [6, 6.07) is 13.4. The number of aromatic amines is 1. The number of pyridine rings is 1. The molecule has 0 saturated heterocycles. The smallest absolute Gasteiger partial charge is 0.280 e. The maximum atomic E-state index is 12.4. The Hall–Kier alpha value is -2.62. The quantitative estimate of drug-likeness (QED) is 0.761. The second kappa shape index (κ2) is 4.57. The van der Waals surface area contributed by atoms with Gasteiger partial charge in [0.25, 0.3) is 5.56 Å². The molecule has 3 rings (SSSR count). The fourth-order valence-electron chi connectivity index (χ4n) is 2.01. The Balaban J connectivity index is 2.12. The Morgan fingerprint density at radius 2 is 1.95 bits per heavy atom. The summed E-state index contributed by atoms with van der Waals surface area (Å²) in [4.78, 5) is 16.6. The van der Waals surface area contributed by atoms with E-state index in [1.165, 1.54) is 4.68 Å². The zero-order valence-corrected chi connectivity index (χ0v) is 10.5. The zero-order chi connectivity index (χ0) is 13.2. The van der Waals surface area contributed by atoms with E-state index in [0.29, 0.717) is 11.4 Å². The topological polar surface area (TPSA) is 50.7 Å². The van der Waals surface area contributed by atoms with Gasteiger partial charge in [0.15, 0.2) is 5.82 Å². The largest absolute Gasteiger partial charge is 0.296 e. The molecule has 2 aromatic heterocycles. The molecule has 2 heterocycles. The number of nitrogens with one attached hydrogen (secondary N) is 1. The van der Waals surface area contributed by atoms with Crippen molar-refractivity contribution in [3.63, 3.8) is 0 Å². The summed E-state index contributed by atoms with van der Waals surface area (Å²) in [5.74, 6) is 0.604. The summed E-state index contributed by atoms with van der Waals surface area (Å²) >= 11 is 0. The van der Waals surface area contributed by atoms with Crippen LogP contribution in [0.4, 0.5) is 0 Å². The lowest BCUT2D eigenvalue weighted by Gasteiger charge is -2.00. The molecular weight excluding hydrogens is 238 g/mol. The standard InChI is InChI=1S/C15H13N3O/c1-11-7-8-16-14(9-11)18-15(19)13(10-17-18)12-5-3-2-4-6-12/h2-10,17H,1H3. The van der Waals surface area contributed by atoms with Crippen molar-refractivity contribution < 1.29 is 0 Å². The minimum Gasteiger partial charge on any atom is -0.296 e. The normalized spacial score (nSPS) is 10.6. The predicted octanol–water partition coefficient (Wildman–Crippen LogP) is 2.54. The van der Waals surface area contributed by atoms with E-state index in [9.17, 15) is 4.79 Å². The Kier molecular flexibility index (Phi) is 2.76. The van der Waals surface area contributed by atoms with E-state index in [2.05, 4.69) is 10.1 Å². The summed E-state index contributed by atoms with van der Waals surface area (Å²) in [5.41, 5.74) is 2.51. The lowest BCUT2D eigenvalue weighted by atomic mass is 10.1. The summed E-state index contributed by atoms with van der Waals surface area (Å²) < 4.78 is 1.45. The zero-order valence-electron chi connectivity index (χ0n) is 10.5. The van der Waals surface area contributed by atoms with Gasteiger partial charge in [-0.05, 0) is 30.2 Å². The maximum Gasteiger partial charge on any atom is 0.280 e. The highest BCUT2D eigenvalue weighted by molar-refractivity contribution is 5.61. The van der Waals surface area contributed by atoms with Gasteiger partial charge < -0.3 is 0 Å². The van der Waals surface area contributed by atoms with E-state index in [-0.39, 0.29) is 5.56 Å². The second-order valence-corrected chi connectivity index (χ2v) is 4.39. The van der Waals surface area contributed by atoms with E-state index in [1.54, 1.807) is 12.4 Å². The van der Waals surface area contributed by atoms with Gasteiger partial charge in [-0.25, -0.2) is 9.67 Å². The first-order valence-electron chi connectivity index (χ1n) is 6.04. The Labute approximate surface area is 110 Å². The van der Waals surface area contributed by atoms with Crippen molar-refractivity contribution in [2.24, 2.45) is 0 Å². The molecule has 0 aliphatic heterocycles. The van der Waals surface area contributed by atoms with Gasteiger partial charge in [-0.1, -0.05) is 30.3 Å². The van der Waals surface area contributed by atoms with E-state index in [1.807, 2.05) is 49.4 Å². The molecule has 0 radical (unpaired) electrons. The number of nitrogens with zero attached hydrogens (tertiary/aromatic N) is 2. The number of rotatable bonds is 2. The molecule has 0 bridgehead atoms. The van der Waals surface area contributed by atoms with Gasteiger partial charge >= 0.3 is 0 Å². The van der Waals surface area contributed by atoms with Crippen LogP contribution >= 0.6 is 0 Å². The van der Waals surface area contributed by atoms with Crippen LogP contribution in [0.3, 0.4) is 0 Å². The highest BCUT2D eigenvalue weighted by Gasteiger charge is 2.10. The fourth-order valence-corrected chi connectivity index (χ4v) is 2.01. The number of aryl methyl sites for hydroxylation is 1. The summed E-state index contributed by atoms with van der Waals surface area (Å²) in [6.07, 6.45) is 3.40. The number of aromatic nitrogens is 3. The van der Waals surface area contributed by atoms with Gasteiger partial charge in [-0.15, -0.1) is 0 Å². The van der Waals surface area contributed by atoms with Crippen molar-refractivity contribution in [1.29, 1.82) is 0 Å². The van der Waals surface area contributed by atoms with Crippen LogP contribution in [-0.4, -0.2) is 14.8 Å². The van der Waals surface area contributed by atoms with Gasteiger partial charge in [-0.3, -0.25) is 9.89 Å². The molecular formula is C15H13N3O. The first-order valence-corrected chi connectivity index (χ1v) is 6.04. The molecule has 0 fully saturated rings. The van der Waals surface area contributed by atoms with Crippen LogP contribution in [0.1, 0.15) is 5.56 Å². The Morgan fingerprint density at radius 1 is 1.16 bits per heavy atom. The molecule has 0 amide bonds. The predicted molar refractivity (Wildman–Crippen MR) is 74.4 cm³/mol. The molecule has 0 unspecified atom stereocenters. The minimum absolute atomic E-state index is 0.0932. The van der Waals surface area contributed by atoms with Gasteiger partial charge in [0.2, 0.25) is 0 Å². The molecule has 1 aromatic carbocycles. The molecule has 94 valence electrons. The van der Waals surface area contributed by atoms with E-state index in [0.717, 1.165) is 11.1 Å². The SMILES string of the molecule is Cc1ccnc(-n2[nH]cc(-c3ccccc3)c2=O)c1. The molecule has 0 aliphatic rings. The minimum atomic E-state index is -0.0932. The van der Waals surface area contributed by atoms with Crippen LogP contribution < -0.4 is 5.56 Å². The van der Waals surface area contributed by atoms with Crippen LogP contribution in [0.15, 0.2) is 59.7 Å². The third-order valence-corrected chi connectivity index (χ3v) is 2.99. The van der Waals surface area contributed by atoms with Crippen molar-refractivity contribution in [3.05, 3.63) is 70.8 Å². The van der Waals surface area contributed by atoms with Crippen LogP contribution in [0, 0.1) is 6.92 Å². The molecule has 19 heavy (non-hydrogen) atoms. The highest BCUT2D eigenvalue weighted by Crippen LogP contribution is 2.14. The Morgan fingerprint density at radius 3 is 2.68 bits per heavy atom. The van der Waals surface area contributed by atoms with Gasteiger partial charge in [0.1, 0.15) is 0 Å². The van der Waals surface area contributed by atoms with E-state index < -0.39 is 0 Å². The molecule has 1 N–H and O–H groups in total. The number of hydrogen-bond donors (Lipinski definition) is 1. The summed E-state index contributed by atoms with van der Waals surface area (Å²) in [7, 11) is 0. The molecule has 0 spiro atoms. The van der Waals surface area contributed by atoms with Crippen LogP contribution in [-0.2, 0) is 0 Å². The van der Waals surface area contributed by atoms with Crippen LogP contribution in [0.2, 0.25) is 0 Å². The van der Waals surface area contributed by atoms with Crippen molar-refractivity contribution in [2.75, 3.05) is 0 Å². The van der Waals surface area contributed by atoms with Crippen LogP contribution in [0.25, 0.3) is 16.9 Å². The van der Waals surface area contributed by atoms with E-state index >= 15 is 0 Å². The first kappa shape index (κ1) is 11.5. The molecule has 0 aliphatic carbocycles. The van der Waals surface area contributed by atoms with Crippen molar-refractivity contribution in [1.82, 2.24) is 14.8 Å². The lowest BCUT2D eigenvalue weighted by molar-refractivity contribution is 0.817. The van der Waals surface area contributed by atoms with Gasteiger partial charge in [0, 0.05) is 12.4 Å².